The van der Waals surface area contributed by atoms with E-state index in [0.717, 1.165) is 59.0 Å². The highest BCUT2D eigenvalue weighted by Crippen LogP contribution is 2.28. The molecule has 0 aliphatic carbocycles. The molecule has 136 valence electrons. The van der Waals surface area contributed by atoms with Crippen LogP contribution in [0.25, 0.3) is 27.9 Å². The van der Waals surface area contributed by atoms with E-state index in [2.05, 4.69) is 25.6 Å². The van der Waals surface area contributed by atoms with E-state index in [4.69, 9.17) is 0 Å². The smallest absolute Gasteiger partial charge is 0.335 e. The van der Waals surface area contributed by atoms with Gasteiger partial charge in [-0.25, -0.2) is 5.10 Å². The first-order valence-corrected chi connectivity index (χ1v) is 9.64. The minimum atomic E-state index is 0.107. The Bertz CT molecular complexity index is 1090. The predicted octanol–water partition coefficient (Wildman–Crippen LogP) is 1.31. The first-order valence-electron chi connectivity index (χ1n) is 8.76. The molecule has 9 heteroatoms. The average molecular weight is 380 g/mol. The van der Waals surface area contributed by atoms with Crippen molar-refractivity contribution in [3.63, 3.8) is 0 Å². The Morgan fingerprint density at radius 2 is 2.04 bits per heavy atom. The number of aromatic nitrogens is 5. The van der Waals surface area contributed by atoms with Gasteiger partial charge in [0.2, 0.25) is 0 Å². The summed E-state index contributed by atoms with van der Waals surface area (Å²) in [5.41, 5.74) is 4.74. The summed E-state index contributed by atoms with van der Waals surface area (Å²) in [6.07, 6.45) is 9.33. The maximum Gasteiger partial charge on any atom is 0.355 e. The minimum Gasteiger partial charge on any atom is -0.335 e. The number of H-pyrrole nitrogens is 2. The monoisotopic (exact) mass is 380 g/mol. The van der Waals surface area contributed by atoms with E-state index in [-0.39, 0.29) is 5.91 Å². The van der Waals surface area contributed by atoms with Crippen LogP contribution in [0, 0.1) is 0 Å². The van der Waals surface area contributed by atoms with Gasteiger partial charge in [0, 0.05) is 43.5 Å². The third-order valence-corrected chi connectivity index (χ3v) is 5.69. The Morgan fingerprint density at radius 1 is 1.15 bits per heavy atom. The molecule has 0 atom stereocenters. The molecule has 1 amide bonds. The highest BCUT2D eigenvalue weighted by atomic mass is 32.1. The lowest BCUT2D eigenvalue weighted by Crippen LogP contribution is -2.46. The van der Waals surface area contributed by atoms with E-state index < -0.39 is 0 Å². The molecule has 5 rings (SSSR count). The Morgan fingerprint density at radius 3 is 2.85 bits per heavy atom. The lowest BCUT2D eigenvalue weighted by molar-refractivity contribution is -0.578. The SMILES string of the molecule is O=C(c1cc(-c2c[nH][n+]3cc(-c4cn[nH]c4)cnc23)cs1)N1CCNCC1. The zero-order chi connectivity index (χ0) is 18.2. The summed E-state index contributed by atoms with van der Waals surface area (Å²) in [5, 5.41) is 15.3. The molecule has 27 heavy (non-hydrogen) atoms. The fourth-order valence-electron chi connectivity index (χ4n) is 3.31. The van der Waals surface area contributed by atoms with E-state index in [0.29, 0.717) is 0 Å². The molecule has 5 heterocycles. The van der Waals surface area contributed by atoms with E-state index in [1.165, 1.54) is 11.3 Å². The molecule has 0 spiro atoms. The maximum absolute atomic E-state index is 12.7. The van der Waals surface area contributed by atoms with Crippen molar-refractivity contribution in [2.75, 3.05) is 26.2 Å². The first-order chi connectivity index (χ1) is 13.3. The summed E-state index contributed by atoms with van der Waals surface area (Å²) < 4.78 is 1.88. The van der Waals surface area contributed by atoms with E-state index in [1.54, 1.807) is 6.20 Å². The van der Waals surface area contributed by atoms with Crippen LogP contribution in [0.1, 0.15) is 9.67 Å². The fraction of sp³-hybridized carbons (Fsp3) is 0.222. The minimum absolute atomic E-state index is 0.107. The van der Waals surface area contributed by atoms with Gasteiger partial charge >= 0.3 is 5.65 Å². The average Bonchev–Trinajstić information content (AvgIpc) is 3.47. The van der Waals surface area contributed by atoms with Crippen LogP contribution in [0.2, 0.25) is 0 Å². The normalized spacial score (nSPS) is 14.7. The zero-order valence-electron chi connectivity index (χ0n) is 14.5. The third-order valence-electron chi connectivity index (χ3n) is 4.77. The summed E-state index contributed by atoms with van der Waals surface area (Å²) in [5.74, 6) is 0.107. The summed E-state index contributed by atoms with van der Waals surface area (Å²) in [4.78, 5) is 20.0. The van der Waals surface area contributed by atoms with Crippen molar-refractivity contribution in [1.29, 1.82) is 0 Å². The highest BCUT2D eigenvalue weighted by molar-refractivity contribution is 7.12. The van der Waals surface area contributed by atoms with Gasteiger partial charge in [-0.15, -0.1) is 15.9 Å². The van der Waals surface area contributed by atoms with Crippen molar-refractivity contribution < 1.29 is 9.31 Å². The zero-order valence-corrected chi connectivity index (χ0v) is 15.3. The van der Waals surface area contributed by atoms with Gasteiger partial charge in [-0.1, -0.05) is 0 Å². The number of nitrogens with one attached hydrogen (secondary N) is 3. The van der Waals surface area contributed by atoms with Gasteiger partial charge in [-0.3, -0.25) is 9.89 Å². The Kier molecular flexibility index (Phi) is 3.95. The van der Waals surface area contributed by atoms with Gasteiger partial charge in [-0.2, -0.15) is 5.10 Å². The number of piperazine rings is 1. The van der Waals surface area contributed by atoms with Crippen molar-refractivity contribution in [2.24, 2.45) is 0 Å². The van der Waals surface area contributed by atoms with Gasteiger partial charge in [0.15, 0.2) is 6.20 Å². The standard InChI is InChI=1S/C18H17N7OS/c26-18(24-3-1-19-2-4-24)16-5-12(11-27-16)15-9-23-25-10-14(6-20-17(15)25)13-7-21-22-8-13/h5-11,19H,1-4H2,(H,21,22)/p+1. The van der Waals surface area contributed by atoms with Crippen molar-refractivity contribution in [3.8, 4) is 22.3 Å². The lowest BCUT2D eigenvalue weighted by atomic mass is 10.1. The number of nitrogens with zero attached hydrogens (tertiary/aromatic N) is 4. The Hall–Kier alpha value is -3.04. The molecule has 0 radical (unpaired) electrons. The van der Waals surface area contributed by atoms with Crippen LogP contribution in [0.3, 0.4) is 0 Å². The Labute approximate surface area is 158 Å². The van der Waals surface area contributed by atoms with Gasteiger partial charge in [0.05, 0.1) is 28.4 Å². The van der Waals surface area contributed by atoms with Crippen LogP contribution in [0.15, 0.2) is 42.4 Å². The molecule has 0 bridgehead atoms. The molecule has 0 unspecified atom stereocenters. The number of amides is 1. The number of rotatable bonds is 3. The maximum atomic E-state index is 12.7. The second kappa shape index (κ2) is 6.60. The number of hydrogen-bond donors (Lipinski definition) is 3. The van der Waals surface area contributed by atoms with Crippen molar-refractivity contribution in [2.45, 2.75) is 0 Å². The molecule has 0 aromatic carbocycles. The molecule has 0 saturated carbocycles. The number of carbonyl (C=O) groups excluding carboxylic acids is 1. The number of aromatic amines is 2. The number of thiophene rings is 1. The van der Waals surface area contributed by atoms with E-state index in [9.17, 15) is 4.79 Å². The molecule has 1 aliphatic heterocycles. The second-order valence-electron chi connectivity index (χ2n) is 6.45. The van der Waals surface area contributed by atoms with Crippen LogP contribution >= 0.6 is 11.3 Å². The predicted molar refractivity (Wildman–Crippen MR) is 101 cm³/mol. The summed E-state index contributed by atoms with van der Waals surface area (Å²) in [7, 11) is 0. The van der Waals surface area contributed by atoms with Crippen LogP contribution in [-0.2, 0) is 0 Å². The molecule has 3 N–H and O–H groups in total. The van der Waals surface area contributed by atoms with Gasteiger partial charge in [-0.05, 0) is 16.4 Å². The second-order valence-corrected chi connectivity index (χ2v) is 7.36. The Balaban J connectivity index is 1.45. The third kappa shape index (κ3) is 2.90. The number of carbonyl (C=O) groups is 1. The highest BCUT2D eigenvalue weighted by Gasteiger charge is 2.22. The summed E-state index contributed by atoms with van der Waals surface area (Å²) in [6, 6.07) is 1.96. The molecule has 4 aromatic rings. The molecular weight excluding hydrogens is 362 g/mol. The molecule has 4 aromatic heterocycles. The first kappa shape index (κ1) is 16.2. The van der Waals surface area contributed by atoms with E-state index >= 15 is 0 Å². The van der Waals surface area contributed by atoms with Gasteiger partial charge < -0.3 is 10.2 Å². The molecule has 1 aliphatic rings. The van der Waals surface area contributed by atoms with Crippen LogP contribution in [0.4, 0.5) is 0 Å². The molecular formula is C18H18N7OS+. The van der Waals surface area contributed by atoms with Crippen molar-refractivity contribution in [1.82, 2.24) is 30.5 Å². The van der Waals surface area contributed by atoms with Crippen molar-refractivity contribution in [3.05, 3.63) is 47.3 Å². The lowest BCUT2D eigenvalue weighted by Gasteiger charge is -2.26. The van der Waals surface area contributed by atoms with Crippen LogP contribution in [0.5, 0.6) is 0 Å². The molecule has 1 saturated heterocycles. The number of hydrogen-bond acceptors (Lipinski definition) is 5. The molecule has 1 fully saturated rings. The van der Waals surface area contributed by atoms with Gasteiger partial charge in [0.1, 0.15) is 6.20 Å². The van der Waals surface area contributed by atoms with E-state index in [1.807, 2.05) is 45.6 Å². The quantitative estimate of drug-likeness (QED) is 0.467. The summed E-state index contributed by atoms with van der Waals surface area (Å²) in [6.45, 7) is 3.22. The summed E-state index contributed by atoms with van der Waals surface area (Å²) >= 11 is 1.48. The molecule has 8 nitrogen and oxygen atoms in total. The van der Waals surface area contributed by atoms with Crippen LogP contribution in [-0.4, -0.2) is 57.3 Å². The largest absolute Gasteiger partial charge is 0.355 e. The van der Waals surface area contributed by atoms with Gasteiger partial charge in [0.25, 0.3) is 5.91 Å². The van der Waals surface area contributed by atoms with Crippen molar-refractivity contribution >= 4 is 22.9 Å². The van der Waals surface area contributed by atoms with Crippen LogP contribution < -0.4 is 9.83 Å². The topological polar surface area (TPSA) is 93.8 Å². The fourth-order valence-corrected chi connectivity index (χ4v) is 4.18. The number of fused-ring (bicyclic) bond motifs is 1.